The molecule has 9 nitrogen and oxygen atoms in total. The van der Waals surface area contributed by atoms with Gasteiger partial charge in [-0.05, 0) is 44.9 Å². The van der Waals surface area contributed by atoms with Gasteiger partial charge in [0.25, 0.3) is 0 Å². The molecule has 7 unspecified atom stereocenters. The zero-order chi connectivity index (χ0) is 37.4. The van der Waals surface area contributed by atoms with Gasteiger partial charge in [-0.2, -0.15) is 0 Å². The first-order chi connectivity index (χ1) is 24.8. The highest BCUT2D eigenvalue weighted by Gasteiger charge is 2.44. The molecule has 1 rings (SSSR count). The highest BCUT2D eigenvalue weighted by Crippen LogP contribution is 2.22. The van der Waals surface area contributed by atoms with Crippen molar-refractivity contribution in [1.29, 1.82) is 0 Å². The zero-order valence-corrected chi connectivity index (χ0v) is 31.8. The molecule has 1 aliphatic rings. The summed E-state index contributed by atoms with van der Waals surface area (Å²) >= 11 is 0. The first-order valence-electron chi connectivity index (χ1n) is 20.0. The molecule has 0 aliphatic carbocycles. The van der Waals surface area contributed by atoms with E-state index >= 15 is 0 Å². The van der Waals surface area contributed by atoms with E-state index in [1.807, 2.05) is 18.2 Å². The van der Waals surface area contributed by atoms with E-state index in [1.165, 1.54) is 70.6 Å². The predicted molar refractivity (Wildman–Crippen MR) is 207 cm³/mol. The van der Waals surface area contributed by atoms with E-state index in [0.29, 0.717) is 6.42 Å². The fraction of sp³-hybridized carbons (Fsp3) is 0.738. The summed E-state index contributed by atoms with van der Waals surface area (Å²) < 4.78 is 11.1. The van der Waals surface area contributed by atoms with E-state index in [1.54, 1.807) is 6.08 Å². The Hall–Kier alpha value is -2.11. The molecule has 294 valence electrons. The number of unbranched alkanes of at least 4 members (excludes halogenated alkanes) is 13. The molecule has 1 aliphatic heterocycles. The van der Waals surface area contributed by atoms with Crippen molar-refractivity contribution in [2.45, 2.75) is 185 Å². The lowest BCUT2D eigenvalue weighted by atomic mass is 9.99. The van der Waals surface area contributed by atoms with E-state index in [2.05, 4.69) is 55.6 Å². The molecule has 0 aromatic carbocycles. The molecule has 9 heteroatoms. The lowest BCUT2D eigenvalue weighted by molar-refractivity contribution is -0.302. The van der Waals surface area contributed by atoms with Crippen molar-refractivity contribution in [3.8, 4) is 0 Å². The number of nitrogens with one attached hydrogen (secondary N) is 1. The third kappa shape index (κ3) is 24.0. The maximum absolute atomic E-state index is 12.8. The van der Waals surface area contributed by atoms with Crippen molar-refractivity contribution in [3.05, 3.63) is 60.8 Å². The molecule has 1 saturated heterocycles. The second kappa shape index (κ2) is 32.5. The predicted octanol–water partition coefficient (Wildman–Crippen LogP) is 7.27. The van der Waals surface area contributed by atoms with Crippen LogP contribution in [0.2, 0.25) is 0 Å². The lowest BCUT2D eigenvalue weighted by Gasteiger charge is -2.40. The van der Waals surface area contributed by atoms with E-state index < -0.39 is 49.5 Å². The molecule has 1 heterocycles. The third-order valence-corrected chi connectivity index (χ3v) is 9.11. The largest absolute Gasteiger partial charge is 0.394 e. The molecule has 0 aromatic heterocycles. The molecule has 0 aromatic rings. The number of allylic oxidation sites excluding steroid dienone is 9. The maximum Gasteiger partial charge on any atom is 0.220 e. The van der Waals surface area contributed by atoms with Gasteiger partial charge < -0.3 is 40.3 Å². The summed E-state index contributed by atoms with van der Waals surface area (Å²) in [7, 11) is 0. The minimum Gasteiger partial charge on any atom is -0.394 e. The molecule has 7 atom stereocenters. The number of hydrogen-bond acceptors (Lipinski definition) is 8. The standard InChI is InChI=1S/C42H73NO8/c1-3-5-7-9-11-13-15-17-18-20-21-23-25-27-29-31-36(45)35(34-50-42-41(49)40(48)39(47)37(33-44)51-42)43-38(46)32-30-28-26-24-22-19-16-14-12-10-8-6-4-2/h6,8,12,14,19,22,26,28-29,31,35-37,39-42,44-45,47-49H,3-5,7,9-11,13,15-18,20-21,23-25,27,30,32-34H2,1-2H3,(H,43,46)/b8-6-,14-12-,22-19-,28-26-,31-29+. The summed E-state index contributed by atoms with van der Waals surface area (Å²) in [5.74, 6) is -0.260. The average Bonchev–Trinajstić information content (AvgIpc) is 3.13. The fourth-order valence-corrected chi connectivity index (χ4v) is 5.87. The van der Waals surface area contributed by atoms with E-state index in [4.69, 9.17) is 9.47 Å². The van der Waals surface area contributed by atoms with Gasteiger partial charge in [0, 0.05) is 6.42 Å². The molecular formula is C42H73NO8. The van der Waals surface area contributed by atoms with E-state index in [0.717, 1.165) is 44.9 Å². The summed E-state index contributed by atoms with van der Waals surface area (Å²) in [6, 6.07) is -0.842. The second-order valence-corrected chi connectivity index (χ2v) is 13.7. The number of rotatable bonds is 31. The van der Waals surface area contributed by atoms with Crippen LogP contribution in [0.4, 0.5) is 0 Å². The maximum atomic E-state index is 12.8. The second-order valence-electron chi connectivity index (χ2n) is 13.7. The van der Waals surface area contributed by atoms with Gasteiger partial charge in [-0.15, -0.1) is 0 Å². The normalized spacial score (nSPS) is 22.7. The highest BCUT2D eigenvalue weighted by atomic mass is 16.7. The quantitative estimate of drug-likeness (QED) is 0.0324. The first-order valence-corrected chi connectivity index (χ1v) is 20.0. The molecule has 1 amide bonds. The zero-order valence-electron chi connectivity index (χ0n) is 31.8. The Labute approximate surface area is 309 Å². The summed E-state index contributed by atoms with van der Waals surface area (Å²) in [6.07, 6.45) is 34.2. The Morgan fingerprint density at radius 2 is 1.22 bits per heavy atom. The SMILES string of the molecule is CC/C=C\C/C=C\C/C=C\C/C=C\CCC(=O)NC(COC1OC(CO)C(O)C(O)C1O)C(O)/C=C/CCCCCCCCCCCCCCC. The Kier molecular flexibility index (Phi) is 29.9. The topological polar surface area (TPSA) is 149 Å². The number of hydrogen-bond donors (Lipinski definition) is 6. The Morgan fingerprint density at radius 1 is 0.686 bits per heavy atom. The van der Waals surface area contributed by atoms with Gasteiger partial charge in [0.15, 0.2) is 6.29 Å². The average molecular weight is 720 g/mol. The van der Waals surface area contributed by atoms with Crippen LogP contribution in [-0.2, 0) is 14.3 Å². The van der Waals surface area contributed by atoms with Crippen molar-refractivity contribution in [2.75, 3.05) is 13.2 Å². The molecule has 0 bridgehead atoms. The van der Waals surface area contributed by atoms with Crippen molar-refractivity contribution in [3.63, 3.8) is 0 Å². The van der Waals surface area contributed by atoms with Gasteiger partial charge in [0.2, 0.25) is 5.91 Å². The van der Waals surface area contributed by atoms with Crippen molar-refractivity contribution >= 4 is 5.91 Å². The molecular weight excluding hydrogens is 646 g/mol. The van der Waals surface area contributed by atoms with Crippen LogP contribution in [0.5, 0.6) is 0 Å². The number of aliphatic hydroxyl groups excluding tert-OH is 5. The highest BCUT2D eigenvalue weighted by molar-refractivity contribution is 5.76. The molecule has 0 saturated carbocycles. The molecule has 51 heavy (non-hydrogen) atoms. The molecule has 0 radical (unpaired) electrons. The number of ether oxygens (including phenoxy) is 2. The molecule has 6 N–H and O–H groups in total. The minimum atomic E-state index is -1.58. The lowest BCUT2D eigenvalue weighted by Crippen LogP contribution is -2.60. The fourth-order valence-electron chi connectivity index (χ4n) is 5.87. The van der Waals surface area contributed by atoms with Gasteiger partial charge in [-0.1, -0.05) is 152 Å². The van der Waals surface area contributed by atoms with Gasteiger partial charge in [0.05, 0.1) is 25.4 Å². The molecule has 0 spiro atoms. The summed E-state index contributed by atoms with van der Waals surface area (Å²) in [4.78, 5) is 12.8. The van der Waals surface area contributed by atoms with Crippen LogP contribution >= 0.6 is 0 Å². The monoisotopic (exact) mass is 720 g/mol. The van der Waals surface area contributed by atoms with Crippen LogP contribution in [0.25, 0.3) is 0 Å². The van der Waals surface area contributed by atoms with E-state index in [-0.39, 0.29) is 18.9 Å². The Morgan fingerprint density at radius 3 is 1.76 bits per heavy atom. The summed E-state index contributed by atoms with van der Waals surface area (Å²) in [5.41, 5.74) is 0. The van der Waals surface area contributed by atoms with Crippen LogP contribution in [0.3, 0.4) is 0 Å². The van der Waals surface area contributed by atoms with Gasteiger partial charge in [-0.3, -0.25) is 4.79 Å². The number of amides is 1. The van der Waals surface area contributed by atoms with Crippen molar-refractivity contribution < 1.29 is 39.8 Å². The summed E-state index contributed by atoms with van der Waals surface area (Å²) in [5, 5.41) is 53.9. The minimum absolute atomic E-state index is 0.220. The van der Waals surface area contributed by atoms with Crippen LogP contribution < -0.4 is 5.32 Å². The van der Waals surface area contributed by atoms with Crippen LogP contribution in [0, 0.1) is 0 Å². The number of carbonyl (C=O) groups excluding carboxylic acids is 1. The number of carbonyl (C=O) groups is 1. The van der Waals surface area contributed by atoms with Gasteiger partial charge in [0.1, 0.15) is 24.4 Å². The van der Waals surface area contributed by atoms with Gasteiger partial charge in [-0.25, -0.2) is 0 Å². The first kappa shape index (κ1) is 46.9. The number of aliphatic hydroxyl groups is 5. The summed E-state index contributed by atoms with van der Waals surface area (Å²) in [6.45, 7) is 3.58. The van der Waals surface area contributed by atoms with Crippen molar-refractivity contribution in [1.82, 2.24) is 5.32 Å². The van der Waals surface area contributed by atoms with Crippen LogP contribution in [-0.4, -0.2) is 87.5 Å². The Bertz CT molecular complexity index is 978. The Balaban J connectivity index is 2.50. The smallest absolute Gasteiger partial charge is 0.220 e. The molecule has 1 fully saturated rings. The van der Waals surface area contributed by atoms with Crippen molar-refractivity contribution in [2.24, 2.45) is 0 Å². The van der Waals surface area contributed by atoms with Crippen LogP contribution in [0.1, 0.15) is 142 Å². The van der Waals surface area contributed by atoms with Crippen LogP contribution in [0.15, 0.2) is 60.8 Å². The third-order valence-electron chi connectivity index (χ3n) is 9.11. The van der Waals surface area contributed by atoms with Gasteiger partial charge >= 0.3 is 0 Å². The van der Waals surface area contributed by atoms with E-state index in [9.17, 15) is 30.3 Å².